The molecular formula is C15H22FNO2. The Morgan fingerprint density at radius 3 is 2.53 bits per heavy atom. The molecule has 1 aliphatic carbocycles. The van der Waals surface area contributed by atoms with E-state index in [-0.39, 0.29) is 5.82 Å². The van der Waals surface area contributed by atoms with Gasteiger partial charge in [-0.15, -0.1) is 0 Å². The van der Waals surface area contributed by atoms with Gasteiger partial charge in [-0.05, 0) is 37.5 Å². The van der Waals surface area contributed by atoms with Crippen molar-refractivity contribution in [3.63, 3.8) is 0 Å². The Labute approximate surface area is 113 Å². The molecule has 1 unspecified atom stereocenters. The predicted octanol–water partition coefficient (Wildman–Crippen LogP) is 2.62. The van der Waals surface area contributed by atoms with E-state index in [9.17, 15) is 14.6 Å². The third-order valence-electron chi connectivity index (χ3n) is 3.93. The molecule has 1 aliphatic rings. The van der Waals surface area contributed by atoms with Crippen LogP contribution in [0.1, 0.15) is 44.3 Å². The molecule has 0 amide bonds. The zero-order valence-corrected chi connectivity index (χ0v) is 11.6. The van der Waals surface area contributed by atoms with Crippen LogP contribution in [0.5, 0.6) is 0 Å². The summed E-state index contributed by atoms with van der Waals surface area (Å²) in [5, 5.41) is 19.8. The second-order valence-corrected chi connectivity index (χ2v) is 5.67. The average molecular weight is 267 g/mol. The van der Waals surface area contributed by atoms with E-state index in [1.807, 2.05) is 0 Å². The molecule has 0 spiro atoms. The number of nitrogens with zero attached hydrogens (tertiary/aromatic N) is 1. The van der Waals surface area contributed by atoms with Gasteiger partial charge >= 0.3 is 0 Å². The molecular weight excluding hydrogens is 245 g/mol. The number of anilines is 1. The van der Waals surface area contributed by atoms with Crippen LogP contribution in [0.2, 0.25) is 0 Å². The van der Waals surface area contributed by atoms with Crippen molar-refractivity contribution in [3.8, 4) is 0 Å². The topological polar surface area (TPSA) is 43.7 Å². The minimum Gasteiger partial charge on any atom is -0.389 e. The third-order valence-corrected chi connectivity index (χ3v) is 3.93. The van der Waals surface area contributed by atoms with E-state index in [2.05, 4.69) is 0 Å². The second kappa shape index (κ2) is 5.47. The lowest BCUT2D eigenvalue weighted by molar-refractivity contribution is 0.0558. The number of rotatable bonds is 4. The van der Waals surface area contributed by atoms with Crippen LogP contribution in [-0.4, -0.2) is 29.4 Å². The Balaban J connectivity index is 2.12. The molecule has 2 N–H and O–H groups in total. The Kier molecular flexibility index (Phi) is 4.11. The monoisotopic (exact) mass is 267 g/mol. The van der Waals surface area contributed by atoms with Crippen LogP contribution in [0.25, 0.3) is 0 Å². The van der Waals surface area contributed by atoms with Crippen LogP contribution < -0.4 is 4.90 Å². The van der Waals surface area contributed by atoms with Gasteiger partial charge in [-0.25, -0.2) is 4.39 Å². The highest BCUT2D eigenvalue weighted by Gasteiger charge is 2.32. The van der Waals surface area contributed by atoms with Crippen molar-refractivity contribution in [2.75, 3.05) is 18.5 Å². The second-order valence-electron chi connectivity index (χ2n) is 5.67. The number of likely N-dealkylation sites (N-methyl/N-ethyl adjacent to an activating group) is 1. The third kappa shape index (κ3) is 3.25. The molecule has 3 nitrogen and oxygen atoms in total. The van der Waals surface area contributed by atoms with Gasteiger partial charge in [-0.3, -0.25) is 0 Å². The van der Waals surface area contributed by atoms with E-state index >= 15 is 0 Å². The van der Waals surface area contributed by atoms with E-state index in [1.54, 1.807) is 31.0 Å². The first kappa shape index (κ1) is 14.3. The lowest BCUT2D eigenvalue weighted by Crippen LogP contribution is -2.39. The van der Waals surface area contributed by atoms with E-state index < -0.39 is 11.7 Å². The Hall–Kier alpha value is -1.13. The lowest BCUT2D eigenvalue weighted by Gasteiger charge is -2.30. The molecule has 1 fully saturated rings. The van der Waals surface area contributed by atoms with Crippen LogP contribution in [0, 0.1) is 5.82 Å². The van der Waals surface area contributed by atoms with Crippen molar-refractivity contribution >= 4 is 5.69 Å². The summed E-state index contributed by atoms with van der Waals surface area (Å²) < 4.78 is 14.0. The number of benzene rings is 1. The van der Waals surface area contributed by atoms with Gasteiger partial charge in [0, 0.05) is 13.6 Å². The van der Waals surface area contributed by atoms with E-state index in [0.717, 1.165) is 25.7 Å². The highest BCUT2D eigenvalue weighted by Crippen LogP contribution is 2.32. The van der Waals surface area contributed by atoms with Crippen LogP contribution in [0.15, 0.2) is 18.2 Å². The number of hydrogen-bond acceptors (Lipinski definition) is 3. The molecule has 0 saturated heterocycles. The normalized spacial score (nSPS) is 19.4. The van der Waals surface area contributed by atoms with Crippen LogP contribution in [0.3, 0.4) is 0 Å². The van der Waals surface area contributed by atoms with E-state index in [4.69, 9.17) is 0 Å². The number of halogens is 1. The fourth-order valence-electron chi connectivity index (χ4n) is 2.81. The molecule has 1 atom stereocenters. The Morgan fingerprint density at radius 2 is 2.00 bits per heavy atom. The van der Waals surface area contributed by atoms with Crippen molar-refractivity contribution in [1.82, 2.24) is 0 Å². The summed E-state index contributed by atoms with van der Waals surface area (Å²) >= 11 is 0. The van der Waals surface area contributed by atoms with Crippen molar-refractivity contribution in [2.45, 2.75) is 44.3 Å². The lowest BCUT2D eigenvalue weighted by atomic mass is 10.0. The zero-order chi connectivity index (χ0) is 14.0. The molecule has 19 heavy (non-hydrogen) atoms. The summed E-state index contributed by atoms with van der Waals surface area (Å²) in [6, 6.07) is 4.74. The molecule has 0 heterocycles. The van der Waals surface area contributed by atoms with Crippen molar-refractivity contribution in [2.24, 2.45) is 0 Å². The van der Waals surface area contributed by atoms with Crippen LogP contribution in [0.4, 0.5) is 10.1 Å². The quantitative estimate of drug-likeness (QED) is 0.881. The van der Waals surface area contributed by atoms with Crippen molar-refractivity contribution in [3.05, 3.63) is 29.6 Å². The van der Waals surface area contributed by atoms with Gasteiger partial charge in [0.15, 0.2) is 0 Å². The molecule has 1 saturated carbocycles. The molecule has 0 aromatic heterocycles. The fraction of sp³-hybridized carbons (Fsp3) is 0.600. The highest BCUT2D eigenvalue weighted by molar-refractivity contribution is 5.49. The first-order valence-electron chi connectivity index (χ1n) is 6.82. The molecule has 1 aromatic carbocycles. The van der Waals surface area contributed by atoms with Crippen molar-refractivity contribution < 1.29 is 14.6 Å². The largest absolute Gasteiger partial charge is 0.389 e. The SMILES string of the molecule is CC(O)c1ccc(N(C)CC2(O)CCCC2)c(F)c1. The van der Waals surface area contributed by atoms with Gasteiger partial charge in [0.1, 0.15) is 5.82 Å². The van der Waals surface area contributed by atoms with Crippen molar-refractivity contribution in [1.29, 1.82) is 0 Å². The van der Waals surface area contributed by atoms with Crippen LogP contribution in [-0.2, 0) is 0 Å². The Bertz CT molecular complexity index is 442. The minimum absolute atomic E-state index is 0.359. The zero-order valence-electron chi connectivity index (χ0n) is 11.6. The molecule has 2 rings (SSSR count). The minimum atomic E-state index is -0.690. The van der Waals surface area contributed by atoms with Gasteiger partial charge in [-0.2, -0.15) is 0 Å². The summed E-state index contributed by atoms with van der Waals surface area (Å²) in [5.41, 5.74) is 0.336. The van der Waals surface area contributed by atoms with E-state index in [0.29, 0.717) is 17.8 Å². The smallest absolute Gasteiger partial charge is 0.146 e. The maximum atomic E-state index is 14.0. The van der Waals surface area contributed by atoms with Crippen LogP contribution >= 0.6 is 0 Å². The summed E-state index contributed by atoms with van der Waals surface area (Å²) in [4.78, 5) is 1.76. The van der Waals surface area contributed by atoms with Gasteiger partial charge in [0.2, 0.25) is 0 Å². The Morgan fingerprint density at radius 1 is 1.37 bits per heavy atom. The highest BCUT2D eigenvalue weighted by atomic mass is 19.1. The molecule has 1 aromatic rings. The van der Waals surface area contributed by atoms with Gasteiger partial charge in [-0.1, -0.05) is 18.9 Å². The summed E-state index contributed by atoms with van der Waals surface area (Å²) in [5.74, 6) is -0.359. The van der Waals surface area contributed by atoms with Gasteiger partial charge in [0.05, 0.1) is 17.4 Å². The van der Waals surface area contributed by atoms with Gasteiger partial charge in [0.25, 0.3) is 0 Å². The predicted molar refractivity (Wildman–Crippen MR) is 73.7 cm³/mol. The molecule has 0 bridgehead atoms. The summed E-state index contributed by atoms with van der Waals surface area (Å²) in [7, 11) is 1.79. The number of aliphatic hydroxyl groups excluding tert-OH is 1. The summed E-state index contributed by atoms with van der Waals surface area (Å²) in [6.07, 6.45) is 2.96. The maximum absolute atomic E-state index is 14.0. The molecule has 0 radical (unpaired) electrons. The fourth-order valence-corrected chi connectivity index (χ4v) is 2.81. The van der Waals surface area contributed by atoms with Gasteiger partial charge < -0.3 is 15.1 Å². The first-order chi connectivity index (χ1) is 8.91. The molecule has 106 valence electrons. The molecule has 0 aliphatic heterocycles. The molecule has 4 heteroatoms. The first-order valence-corrected chi connectivity index (χ1v) is 6.82. The summed E-state index contributed by atoms with van der Waals surface area (Å²) in [6.45, 7) is 2.05. The maximum Gasteiger partial charge on any atom is 0.146 e. The van der Waals surface area contributed by atoms with E-state index in [1.165, 1.54) is 6.07 Å². The average Bonchev–Trinajstić information content (AvgIpc) is 2.75. The standard InChI is InChI=1S/C15H22FNO2/c1-11(18)12-5-6-14(13(16)9-12)17(2)10-15(19)7-3-4-8-15/h5-6,9,11,18-19H,3-4,7-8,10H2,1-2H3. The number of hydrogen-bond donors (Lipinski definition) is 2. The number of aliphatic hydroxyl groups is 2.